The first-order valence-corrected chi connectivity index (χ1v) is 6.62. The molecule has 2 nitrogen and oxygen atoms in total. The summed E-state index contributed by atoms with van der Waals surface area (Å²) in [6, 6.07) is 0.447. The number of nitrogens with one attached hydrogen (secondary N) is 1. The van der Waals surface area contributed by atoms with Crippen LogP contribution in [-0.2, 0) is 4.74 Å². The monoisotopic (exact) mass is 227 g/mol. The fraction of sp³-hybridized carbons (Fsp3) is 0.857. The van der Waals surface area contributed by atoms with Gasteiger partial charge in [0.25, 0.3) is 0 Å². The fourth-order valence-electron chi connectivity index (χ4n) is 2.11. The van der Waals surface area contributed by atoms with E-state index in [4.69, 9.17) is 4.74 Å². The van der Waals surface area contributed by atoms with E-state index in [-0.39, 0.29) is 5.60 Å². The molecule has 0 aromatic carbocycles. The lowest BCUT2D eigenvalue weighted by Crippen LogP contribution is -2.50. The molecule has 0 aromatic rings. The molecule has 0 aliphatic heterocycles. The summed E-state index contributed by atoms with van der Waals surface area (Å²) < 4.78 is 5.94. The Balaban J connectivity index is 4.38. The van der Waals surface area contributed by atoms with Crippen LogP contribution in [0.3, 0.4) is 0 Å². The fourth-order valence-corrected chi connectivity index (χ4v) is 2.11. The first-order valence-electron chi connectivity index (χ1n) is 6.62. The molecule has 0 spiro atoms. The molecule has 1 N–H and O–H groups in total. The van der Waals surface area contributed by atoms with E-state index in [9.17, 15) is 0 Å². The molecule has 0 saturated carbocycles. The van der Waals surface area contributed by atoms with Crippen LogP contribution in [0.4, 0.5) is 0 Å². The second-order valence-corrected chi connectivity index (χ2v) is 4.43. The molecular weight excluding hydrogens is 198 g/mol. The highest BCUT2D eigenvalue weighted by atomic mass is 16.5. The van der Waals surface area contributed by atoms with Gasteiger partial charge in [0.2, 0.25) is 0 Å². The van der Waals surface area contributed by atoms with Crippen LogP contribution in [0.1, 0.15) is 53.4 Å². The van der Waals surface area contributed by atoms with Gasteiger partial charge in [-0.25, -0.2) is 0 Å². The van der Waals surface area contributed by atoms with Crippen molar-refractivity contribution in [2.24, 2.45) is 0 Å². The van der Waals surface area contributed by atoms with Gasteiger partial charge in [-0.3, -0.25) is 0 Å². The zero-order valence-corrected chi connectivity index (χ0v) is 11.5. The van der Waals surface area contributed by atoms with Gasteiger partial charge in [-0.2, -0.15) is 0 Å². The van der Waals surface area contributed by atoms with E-state index in [0.29, 0.717) is 6.04 Å². The molecule has 16 heavy (non-hydrogen) atoms. The van der Waals surface area contributed by atoms with E-state index in [1.807, 2.05) is 6.08 Å². The van der Waals surface area contributed by atoms with Crippen molar-refractivity contribution in [1.82, 2.24) is 5.32 Å². The van der Waals surface area contributed by atoms with Gasteiger partial charge in [0, 0.05) is 12.6 Å². The van der Waals surface area contributed by atoms with Crippen LogP contribution in [0.25, 0.3) is 0 Å². The van der Waals surface area contributed by atoms with Gasteiger partial charge in [-0.1, -0.05) is 19.9 Å². The third-order valence-corrected chi connectivity index (χ3v) is 3.26. The average molecular weight is 227 g/mol. The lowest BCUT2D eigenvalue weighted by Gasteiger charge is -2.37. The van der Waals surface area contributed by atoms with E-state index < -0.39 is 0 Å². The zero-order valence-electron chi connectivity index (χ0n) is 11.5. The average Bonchev–Trinajstić information content (AvgIpc) is 2.28. The van der Waals surface area contributed by atoms with Crippen LogP contribution in [-0.4, -0.2) is 24.8 Å². The Morgan fingerprint density at radius 3 is 2.50 bits per heavy atom. The van der Waals surface area contributed by atoms with Gasteiger partial charge < -0.3 is 10.1 Å². The number of rotatable bonds is 10. The van der Waals surface area contributed by atoms with Crippen molar-refractivity contribution in [1.29, 1.82) is 0 Å². The van der Waals surface area contributed by atoms with Crippen molar-refractivity contribution >= 4 is 0 Å². The van der Waals surface area contributed by atoms with Gasteiger partial charge in [0.15, 0.2) is 0 Å². The minimum Gasteiger partial charge on any atom is -0.374 e. The first kappa shape index (κ1) is 15.7. The zero-order chi connectivity index (χ0) is 12.4. The molecule has 0 aromatic heterocycles. The smallest absolute Gasteiger partial charge is 0.0803 e. The molecule has 0 heterocycles. The Kier molecular flexibility index (Phi) is 8.58. The number of hydrogen-bond donors (Lipinski definition) is 1. The molecule has 0 amide bonds. The largest absolute Gasteiger partial charge is 0.374 e. The van der Waals surface area contributed by atoms with E-state index in [0.717, 1.165) is 32.4 Å². The molecule has 0 rings (SSSR count). The maximum Gasteiger partial charge on any atom is 0.0803 e. The normalized spacial score (nSPS) is 16.8. The van der Waals surface area contributed by atoms with Gasteiger partial charge in [-0.15, -0.1) is 6.58 Å². The minimum atomic E-state index is -0.0358. The Bertz CT molecular complexity index is 182. The molecule has 0 radical (unpaired) electrons. The highest BCUT2D eigenvalue weighted by Gasteiger charge is 2.31. The van der Waals surface area contributed by atoms with Crippen molar-refractivity contribution in [2.75, 3.05) is 13.2 Å². The van der Waals surface area contributed by atoms with Crippen molar-refractivity contribution < 1.29 is 4.74 Å². The van der Waals surface area contributed by atoms with Gasteiger partial charge in [0.05, 0.1) is 5.60 Å². The third kappa shape index (κ3) is 5.13. The summed E-state index contributed by atoms with van der Waals surface area (Å²) in [5, 5.41) is 3.56. The summed E-state index contributed by atoms with van der Waals surface area (Å²) in [7, 11) is 0. The Morgan fingerprint density at radius 1 is 1.38 bits per heavy atom. The number of ether oxygens (including phenoxy) is 1. The van der Waals surface area contributed by atoms with Gasteiger partial charge >= 0.3 is 0 Å². The summed E-state index contributed by atoms with van der Waals surface area (Å²) in [6.07, 6.45) is 6.47. The van der Waals surface area contributed by atoms with Crippen molar-refractivity contribution in [3.63, 3.8) is 0 Å². The van der Waals surface area contributed by atoms with Crippen LogP contribution in [0.15, 0.2) is 12.7 Å². The van der Waals surface area contributed by atoms with Crippen LogP contribution in [0.5, 0.6) is 0 Å². The molecule has 0 aliphatic rings. The highest BCUT2D eigenvalue weighted by Crippen LogP contribution is 2.24. The van der Waals surface area contributed by atoms with E-state index >= 15 is 0 Å². The molecule has 2 atom stereocenters. The molecular formula is C14H29NO. The molecule has 2 heteroatoms. The molecule has 0 bridgehead atoms. The van der Waals surface area contributed by atoms with E-state index in [1.54, 1.807) is 0 Å². The lowest BCUT2D eigenvalue weighted by molar-refractivity contribution is -0.0569. The van der Waals surface area contributed by atoms with E-state index in [1.165, 1.54) is 6.42 Å². The third-order valence-electron chi connectivity index (χ3n) is 3.26. The predicted molar refractivity (Wildman–Crippen MR) is 71.8 cm³/mol. The van der Waals surface area contributed by atoms with Crippen LogP contribution in [0.2, 0.25) is 0 Å². The molecule has 0 saturated heterocycles. The summed E-state index contributed by atoms with van der Waals surface area (Å²) in [5.41, 5.74) is -0.0358. The van der Waals surface area contributed by atoms with Gasteiger partial charge in [0.1, 0.15) is 0 Å². The lowest BCUT2D eigenvalue weighted by atomic mass is 9.89. The maximum absolute atomic E-state index is 5.94. The molecule has 0 fully saturated rings. The number of likely N-dealkylation sites (N-methyl/N-ethyl adjacent to an activating group) is 1. The van der Waals surface area contributed by atoms with Crippen molar-refractivity contribution in [3.05, 3.63) is 12.7 Å². The van der Waals surface area contributed by atoms with Crippen LogP contribution in [0, 0.1) is 0 Å². The van der Waals surface area contributed by atoms with E-state index in [2.05, 4.69) is 39.6 Å². The Labute approximate surface area is 101 Å². The maximum atomic E-state index is 5.94. The summed E-state index contributed by atoms with van der Waals surface area (Å²) in [6.45, 7) is 14.2. The second-order valence-electron chi connectivity index (χ2n) is 4.43. The van der Waals surface area contributed by atoms with Crippen molar-refractivity contribution in [3.8, 4) is 0 Å². The second kappa shape index (κ2) is 8.77. The topological polar surface area (TPSA) is 21.3 Å². The summed E-state index contributed by atoms with van der Waals surface area (Å²) in [5.74, 6) is 0. The van der Waals surface area contributed by atoms with Crippen LogP contribution >= 0.6 is 0 Å². The quantitative estimate of drug-likeness (QED) is 0.455. The first-order chi connectivity index (χ1) is 7.64. The standard InChI is InChI=1S/C14H29NO/c1-6-10-11-12-13(15-8-3)14(5,7-2)16-9-4/h6,13,15H,1,7-12H2,2-5H3. The summed E-state index contributed by atoms with van der Waals surface area (Å²) >= 11 is 0. The number of allylic oxidation sites excluding steroid dienone is 1. The summed E-state index contributed by atoms with van der Waals surface area (Å²) in [4.78, 5) is 0. The Morgan fingerprint density at radius 2 is 2.06 bits per heavy atom. The molecule has 96 valence electrons. The van der Waals surface area contributed by atoms with Gasteiger partial charge in [-0.05, 0) is 46.1 Å². The number of hydrogen-bond acceptors (Lipinski definition) is 2. The highest BCUT2D eigenvalue weighted by molar-refractivity contribution is 4.89. The predicted octanol–water partition coefficient (Wildman–Crippen LogP) is 3.53. The minimum absolute atomic E-state index is 0.0358. The SMILES string of the molecule is C=CCCCC(NCC)C(C)(CC)OCC. The Hall–Kier alpha value is -0.340. The van der Waals surface area contributed by atoms with Crippen LogP contribution < -0.4 is 5.32 Å². The molecule has 2 unspecified atom stereocenters. The number of unbranched alkanes of at least 4 members (excludes halogenated alkanes) is 1. The van der Waals surface area contributed by atoms with Crippen molar-refractivity contribution in [2.45, 2.75) is 65.0 Å². The molecule has 0 aliphatic carbocycles.